The van der Waals surface area contributed by atoms with Crippen LogP contribution in [0.5, 0.6) is 0 Å². The zero-order chi connectivity index (χ0) is 13.7. The Morgan fingerprint density at radius 3 is 2.95 bits per heavy atom. The molecule has 0 saturated carbocycles. The molecule has 19 heavy (non-hydrogen) atoms. The van der Waals surface area contributed by atoms with E-state index in [2.05, 4.69) is 40.9 Å². The lowest BCUT2D eigenvalue weighted by molar-refractivity contribution is 0.205. The fourth-order valence-electron chi connectivity index (χ4n) is 1.94. The van der Waals surface area contributed by atoms with Gasteiger partial charge >= 0.3 is 0 Å². The minimum Gasteiger partial charge on any atom is -0.338 e. The zero-order valence-corrected chi connectivity index (χ0v) is 11.7. The van der Waals surface area contributed by atoms with Crippen LogP contribution in [-0.4, -0.2) is 33.1 Å². The monoisotopic (exact) mass is 260 g/mol. The van der Waals surface area contributed by atoms with Crippen LogP contribution in [0.2, 0.25) is 0 Å². The summed E-state index contributed by atoms with van der Waals surface area (Å²) in [4.78, 5) is 10.7. The molecule has 5 heteroatoms. The first-order chi connectivity index (χ1) is 9.20. The summed E-state index contributed by atoms with van der Waals surface area (Å²) in [6.07, 6.45) is 5.80. The number of aromatic nitrogens is 3. The number of hydrogen-bond acceptors (Lipinski definition) is 5. The van der Waals surface area contributed by atoms with Gasteiger partial charge in [-0.05, 0) is 32.5 Å². The Labute approximate surface area is 113 Å². The van der Waals surface area contributed by atoms with Crippen molar-refractivity contribution in [1.82, 2.24) is 20.0 Å². The van der Waals surface area contributed by atoms with Crippen LogP contribution in [-0.2, 0) is 6.54 Å². The number of pyridine rings is 1. The van der Waals surface area contributed by atoms with Crippen molar-refractivity contribution >= 4 is 0 Å². The first kappa shape index (κ1) is 13.7. The lowest BCUT2D eigenvalue weighted by Gasteiger charge is -2.22. The fourth-order valence-corrected chi connectivity index (χ4v) is 1.94. The van der Waals surface area contributed by atoms with E-state index in [1.54, 1.807) is 12.4 Å². The minimum absolute atomic E-state index is 0.513. The molecule has 0 spiro atoms. The van der Waals surface area contributed by atoms with Crippen molar-refractivity contribution in [2.24, 2.45) is 0 Å². The van der Waals surface area contributed by atoms with Crippen LogP contribution in [0.25, 0.3) is 11.4 Å². The van der Waals surface area contributed by atoms with Crippen LogP contribution >= 0.6 is 0 Å². The second-order valence-electron chi connectivity index (χ2n) is 4.81. The van der Waals surface area contributed by atoms with E-state index < -0.39 is 0 Å². The lowest BCUT2D eigenvalue weighted by atomic mass is 10.2. The van der Waals surface area contributed by atoms with E-state index in [0.717, 1.165) is 5.56 Å². The summed E-state index contributed by atoms with van der Waals surface area (Å²) < 4.78 is 5.29. The van der Waals surface area contributed by atoms with Crippen molar-refractivity contribution in [3.05, 3.63) is 30.4 Å². The summed E-state index contributed by atoms with van der Waals surface area (Å²) in [7, 11) is 2.08. The molecule has 0 amide bonds. The van der Waals surface area contributed by atoms with E-state index in [9.17, 15) is 0 Å². The molecule has 0 fully saturated rings. The maximum atomic E-state index is 5.29. The van der Waals surface area contributed by atoms with Crippen LogP contribution < -0.4 is 0 Å². The fraction of sp³-hybridized carbons (Fsp3) is 0.500. The van der Waals surface area contributed by atoms with Crippen LogP contribution in [0, 0.1) is 0 Å². The molecule has 0 aromatic carbocycles. The molecule has 5 nitrogen and oxygen atoms in total. The van der Waals surface area contributed by atoms with Crippen LogP contribution in [0.4, 0.5) is 0 Å². The Bertz CT molecular complexity index is 497. The molecular formula is C14H20N4O. The third kappa shape index (κ3) is 3.61. The molecule has 2 rings (SSSR count). The quantitative estimate of drug-likeness (QED) is 0.799. The molecule has 2 heterocycles. The molecule has 0 unspecified atom stereocenters. The molecule has 1 atom stereocenters. The van der Waals surface area contributed by atoms with E-state index in [4.69, 9.17) is 4.52 Å². The molecule has 0 radical (unpaired) electrons. The van der Waals surface area contributed by atoms with Crippen molar-refractivity contribution in [3.8, 4) is 11.4 Å². The van der Waals surface area contributed by atoms with Gasteiger partial charge in [-0.1, -0.05) is 18.5 Å². The predicted octanol–water partition coefficient (Wildman–Crippen LogP) is 2.75. The van der Waals surface area contributed by atoms with Crippen LogP contribution in [0.1, 0.15) is 32.6 Å². The van der Waals surface area contributed by atoms with Crippen molar-refractivity contribution in [2.45, 2.75) is 39.3 Å². The maximum Gasteiger partial charge on any atom is 0.241 e. The summed E-state index contributed by atoms with van der Waals surface area (Å²) in [5, 5.41) is 3.99. The van der Waals surface area contributed by atoms with Crippen molar-refractivity contribution in [3.63, 3.8) is 0 Å². The highest BCUT2D eigenvalue weighted by Crippen LogP contribution is 2.15. The lowest BCUT2D eigenvalue weighted by Crippen LogP contribution is -2.28. The second kappa shape index (κ2) is 6.43. The normalized spacial score (nSPS) is 12.8. The second-order valence-corrected chi connectivity index (χ2v) is 4.81. The third-order valence-electron chi connectivity index (χ3n) is 3.23. The number of hydrogen-bond donors (Lipinski definition) is 0. The minimum atomic E-state index is 0.513. The van der Waals surface area contributed by atoms with Gasteiger partial charge in [0.15, 0.2) is 0 Å². The molecule has 0 aliphatic heterocycles. The van der Waals surface area contributed by atoms with Gasteiger partial charge in [-0.2, -0.15) is 4.98 Å². The Morgan fingerprint density at radius 1 is 1.42 bits per heavy atom. The summed E-state index contributed by atoms with van der Waals surface area (Å²) >= 11 is 0. The van der Waals surface area contributed by atoms with Crippen LogP contribution in [0.3, 0.4) is 0 Å². The highest BCUT2D eigenvalue weighted by Gasteiger charge is 2.14. The van der Waals surface area contributed by atoms with Gasteiger partial charge in [-0.25, -0.2) is 0 Å². The van der Waals surface area contributed by atoms with Gasteiger partial charge in [0.2, 0.25) is 11.7 Å². The van der Waals surface area contributed by atoms with E-state index in [0.29, 0.717) is 24.3 Å². The van der Waals surface area contributed by atoms with Crippen molar-refractivity contribution in [1.29, 1.82) is 0 Å². The topological polar surface area (TPSA) is 55.1 Å². The standard InChI is InChI=1S/C14H20N4O/c1-4-6-11(2)18(3)10-13-16-14(17-19-13)12-7-5-8-15-9-12/h5,7-9,11H,4,6,10H2,1-3H3/t11-/m1/s1. The molecule has 0 bridgehead atoms. The Morgan fingerprint density at radius 2 is 2.26 bits per heavy atom. The van der Waals surface area contributed by atoms with Gasteiger partial charge in [0.05, 0.1) is 6.54 Å². The first-order valence-corrected chi connectivity index (χ1v) is 6.64. The van der Waals surface area contributed by atoms with Gasteiger partial charge in [0, 0.05) is 24.0 Å². The molecule has 102 valence electrons. The Balaban J connectivity index is 2.02. The Kier molecular flexibility index (Phi) is 4.63. The molecule has 2 aromatic heterocycles. The number of nitrogens with zero attached hydrogens (tertiary/aromatic N) is 4. The summed E-state index contributed by atoms with van der Waals surface area (Å²) in [5.41, 5.74) is 0.877. The molecule has 0 saturated heterocycles. The molecule has 2 aromatic rings. The van der Waals surface area contributed by atoms with E-state index >= 15 is 0 Å². The smallest absolute Gasteiger partial charge is 0.241 e. The molecular weight excluding hydrogens is 240 g/mol. The van der Waals surface area contributed by atoms with Gasteiger partial charge in [-0.15, -0.1) is 0 Å². The van der Waals surface area contributed by atoms with E-state index in [1.807, 2.05) is 12.1 Å². The van der Waals surface area contributed by atoms with Gasteiger partial charge < -0.3 is 4.52 Å². The van der Waals surface area contributed by atoms with Gasteiger partial charge in [0.1, 0.15) is 0 Å². The molecule has 0 aliphatic carbocycles. The van der Waals surface area contributed by atoms with Gasteiger partial charge in [-0.3, -0.25) is 9.88 Å². The average molecular weight is 260 g/mol. The highest BCUT2D eigenvalue weighted by atomic mass is 16.5. The average Bonchev–Trinajstić information content (AvgIpc) is 2.88. The molecule has 0 aliphatic rings. The third-order valence-corrected chi connectivity index (χ3v) is 3.23. The SMILES string of the molecule is CCC[C@@H](C)N(C)Cc1nc(-c2cccnc2)no1. The zero-order valence-electron chi connectivity index (χ0n) is 11.7. The van der Waals surface area contributed by atoms with Crippen molar-refractivity contribution in [2.75, 3.05) is 7.05 Å². The summed E-state index contributed by atoms with van der Waals surface area (Å²) in [6.45, 7) is 5.08. The number of rotatable bonds is 6. The van der Waals surface area contributed by atoms with E-state index in [-0.39, 0.29) is 0 Å². The van der Waals surface area contributed by atoms with Crippen molar-refractivity contribution < 1.29 is 4.52 Å². The predicted molar refractivity (Wildman–Crippen MR) is 73.4 cm³/mol. The summed E-state index contributed by atoms with van der Waals surface area (Å²) in [5.74, 6) is 1.24. The Hall–Kier alpha value is -1.75. The van der Waals surface area contributed by atoms with Crippen LogP contribution in [0.15, 0.2) is 29.0 Å². The van der Waals surface area contributed by atoms with Gasteiger partial charge in [0.25, 0.3) is 0 Å². The summed E-state index contributed by atoms with van der Waals surface area (Å²) in [6, 6.07) is 4.30. The highest BCUT2D eigenvalue weighted by molar-refractivity contribution is 5.51. The van der Waals surface area contributed by atoms with E-state index in [1.165, 1.54) is 12.8 Å². The first-order valence-electron chi connectivity index (χ1n) is 6.64. The molecule has 0 N–H and O–H groups in total. The largest absolute Gasteiger partial charge is 0.338 e. The maximum absolute atomic E-state index is 5.29.